The number of hydrogen-bond acceptors (Lipinski definition) is 5. The van der Waals surface area contributed by atoms with Gasteiger partial charge in [0.15, 0.2) is 5.69 Å². The molecule has 1 fully saturated rings. The molecule has 7 heteroatoms. The van der Waals surface area contributed by atoms with Crippen molar-refractivity contribution in [1.29, 1.82) is 5.26 Å². The molecule has 4 aromatic rings. The van der Waals surface area contributed by atoms with E-state index < -0.39 is 0 Å². The largest absolute Gasteiger partial charge is 0.337 e. The lowest BCUT2D eigenvalue weighted by molar-refractivity contribution is 0.0718. The molecule has 1 aliphatic heterocycles. The lowest BCUT2D eigenvalue weighted by Gasteiger charge is -2.25. The van der Waals surface area contributed by atoms with Gasteiger partial charge in [0.25, 0.3) is 5.91 Å². The SMILES string of the molecule is Cc1nc2cc(-n3nc(C(=O)N4CCCCC4)cc3-c3ccc(C#N)cc3)ccc2s1. The highest BCUT2D eigenvalue weighted by atomic mass is 32.1. The van der Waals surface area contributed by atoms with Crippen LogP contribution in [0, 0.1) is 18.3 Å². The van der Waals surface area contributed by atoms with Gasteiger partial charge in [-0.3, -0.25) is 4.79 Å². The third kappa shape index (κ3) is 3.71. The highest BCUT2D eigenvalue weighted by molar-refractivity contribution is 7.18. The van der Waals surface area contributed by atoms with E-state index in [0.717, 1.165) is 58.1 Å². The molecule has 0 aliphatic carbocycles. The van der Waals surface area contributed by atoms with Gasteiger partial charge in [-0.15, -0.1) is 11.3 Å². The minimum absolute atomic E-state index is 0.0288. The van der Waals surface area contributed by atoms with Crippen LogP contribution in [0.1, 0.15) is 40.3 Å². The number of fused-ring (bicyclic) bond motifs is 1. The first-order chi connectivity index (χ1) is 15.1. The highest BCUT2D eigenvalue weighted by Crippen LogP contribution is 2.29. The summed E-state index contributed by atoms with van der Waals surface area (Å²) < 4.78 is 2.94. The molecule has 0 radical (unpaired) electrons. The number of hydrogen-bond donors (Lipinski definition) is 0. The summed E-state index contributed by atoms with van der Waals surface area (Å²) in [6.45, 7) is 3.56. The maximum Gasteiger partial charge on any atom is 0.274 e. The van der Waals surface area contributed by atoms with Gasteiger partial charge in [0.05, 0.1) is 38.2 Å². The minimum atomic E-state index is -0.0288. The van der Waals surface area contributed by atoms with E-state index >= 15 is 0 Å². The number of aryl methyl sites for hydroxylation is 1. The van der Waals surface area contributed by atoms with Crippen LogP contribution in [0.15, 0.2) is 48.5 Å². The van der Waals surface area contributed by atoms with E-state index in [1.807, 2.05) is 52.9 Å². The summed E-state index contributed by atoms with van der Waals surface area (Å²) in [5.41, 5.74) is 4.53. The smallest absolute Gasteiger partial charge is 0.274 e. The van der Waals surface area contributed by atoms with Crippen LogP contribution in [-0.4, -0.2) is 38.7 Å². The summed E-state index contributed by atoms with van der Waals surface area (Å²) in [6, 6.07) is 17.4. The molecule has 1 aliphatic rings. The quantitative estimate of drug-likeness (QED) is 0.463. The number of carbonyl (C=O) groups is 1. The molecule has 1 amide bonds. The normalized spacial score (nSPS) is 14.0. The molecule has 5 rings (SSSR count). The van der Waals surface area contributed by atoms with Crippen LogP contribution in [0.4, 0.5) is 0 Å². The van der Waals surface area contributed by atoms with Gasteiger partial charge in [-0.25, -0.2) is 9.67 Å². The van der Waals surface area contributed by atoms with E-state index in [0.29, 0.717) is 11.3 Å². The van der Waals surface area contributed by atoms with Crippen molar-refractivity contribution in [2.24, 2.45) is 0 Å². The number of carbonyl (C=O) groups excluding carboxylic acids is 1. The predicted octanol–water partition coefficient (Wildman–Crippen LogP) is 4.96. The van der Waals surface area contributed by atoms with Crippen LogP contribution < -0.4 is 0 Å². The Morgan fingerprint density at radius 1 is 1.06 bits per heavy atom. The molecule has 6 nitrogen and oxygen atoms in total. The average molecular weight is 428 g/mol. The van der Waals surface area contributed by atoms with Crippen molar-refractivity contribution in [1.82, 2.24) is 19.7 Å². The van der Waals surface area contributed by atoms with E-state index in [1.165, 1.54) is 6.42 Å². The fourth-order valence-corrected chi connectivity index (χ4v) is 4.83. The van der Waals surface area contributed by atoms with Gasteiger partial charge >= 0.3 is 0 Å². The summed E-state index contributed by atoms with van der Waals surface area (Å²) >= 11 is 1.66. The van der Waals surface area contributed by atoms with Crippen LogP contribution in [0.3, 0.4) is 0 Å². The van der Waals surface area contributed by atoms with Crippen molar-refractivity contribution < 1.29 is 4.79 Å². The first kappa shape index (κ1) is 19.5. The predicted molar refractivity (Wildman–Crippen MR) is 121 cm³/mol. The molecule has 3 heterocycles. The number of thiazole rings is 1. The van der Waals surface area contributed by atoms with Gasteiger partial charge in [-0.2, -0.15) is 10.4 Å². The topological polar surface area (TPSA) is 74.8 Å². The second-order valence-corrected chi connectivity index (χ2v) is 8.99. The van der Waals surface area contributed by atoms with Crippen LogP contribution in [0.5, 0.6) is 0 Å². The summed E-state index contributed by atoms with van der Waals surface area (Å²) in [7, 11) is 0. The number of amides is 1. The van der Waals surface area contributed by atoms with Crippen molar-refractivity contribution in [2.45, 2.75) is 26.2 Å². The van der Waals surface area contributed by atoms with Gasteiger partial charge in [0.1, 0.15) is 0 Å². The Labute approximate surface area is 184 Å². The maximum atomic E-state index is 13.1. The Morgan fingerprint density at radius 2 is 1.84 bits per heavy atom. The van der Waals surface area contributed by atoms with Crippen LogP contribution in [-0.2, 0) is 0 Å². The second kappa shape index (κ2) is 7.97. The molecule has 0 spiro atoms. The minimum Gasteiger partial charge on any atom is -0.337 e. The zero-order valence-electron chi connectivity index (χ0n) is 17.2. The Morgan fingerprint density at radius 3 is 2.58 bits per heavy atom. The van der Waals surface area contributed by atoms with E-state index in [-0.39, 0.29) is 5.91 Å². The molecule has 0 atom stereocenters. The number of likely N-dealkylation sites (tertiary alicyclic amines) is 1. The Balaban J connectivity index is 1.62. The summed E-state index contributed by atoms with van der Waals surface area (Å²) in [5.74, 6) is -0.0288. The number of piperidine rings is 1. The van der Waals surface area contributed by atoms with Gasteiger partial charge in [-0.05, 0) is 62.6 Å². The number of benzene rings is 2. The van der Waals surface area contributed by atoms with E-state index in [1.54, 1.807) is 23.5 Å². The summed E-state index contributed by atoms with van der Waals surface area (Å²) in [4.78, 5) is 19.6. The lowest BCUT2D eigenvalue weighted by atomic mass is 10.1. The molecule has 0 bridgehead atoms. The number of rotatable bonds is 3. The second-order valence-electron chi connectivity index (χ2n) is 7.75. The Hall–Kier alpha value is -3.50. The molecule has 0 saturated carbocycles. The fraction of sp³-hybridized carbons (Fsp3) is 0.250. The molecule has 0 unspecified atom stereocenters. The zero-order valence-corrected chi connectivity index (χ0v) is 18.0. The maximum absolute atomic E-state index is 13.1. The number of aromatic nitrogens is 3. The monoisotopic (exact) mass is 427 g/mol. The standard InChI is InChI=1S/C24H21N5OS/c1-16-26-20-13-19(9-10-23(20)31-16)29-22(18-7-5-17(15-25)6-8-18)14-21(27-29)24(30)28-11-3-2-4-12-28/h5-10,13-14H,2-4,11-12H2,1H3. The number of nitriles is 1. The first-order valence-electron chi connectivity index (χ1n) is 10.4. The lowest BCUT2D eigenvalue weighted by Crippen LogP contribution is -2.35. The molecule has 2 aromatic carbocycles. The molecular formula is C24H21N5OS. The molecule has 0 N–H and O–H groups in total. The van der Waals surface area contributed by atoms with Gasteiger partial charge in [-0.1, -0.05) is 12.1 Å². The first-order valence-corrected chi connectivity index (χ1v) is 11.2. The van der Waals surface area contributed by atoms with Crippen molar-refractivity contribution in [3.05, 3.63) is 64.8 Å². The number of nitrogens with zero attached hydrogens (tertiary/aromatic N) is 5. The van der Waals surface area contributed by atoms with Crippen LogP contribution >= 0.6 is 11.3 Å². The van der Waals surface area contributed by atoms with Gasteiger partial charge < -0.3 is 4.90 Å². The Bertz CT molecular complexity index is 1310. The van der Waals surface area contributed by atoms with Gasteiger partial charge in [0, 0.05) is 18.7 Å². The summed E-state index contributed by atoms with van der Waals surface area (Å²) in [5, 5.41) is 14.9. The molecule has 1 saturated heterocycles. The molecule has 31 heavy (non-hydrogen) atoms. The highest BCUT2D eigenvalue weighted by Gasteiger charge is 2.23. The van der Waals surface area contributed by atoms with E-state index in [4.69, 9.17) is 10.4 Å². The fourth-order valence-electron chi connectivity index (χ4n) is 4.03. The van der Waals surface area contributed by atoms with Crippen LogP contribution in [0.25, 0.3) is 27.2 Å². The van der Waals surface area contributed by atoms with Crippen LogP contribution in [0.2, 0.25) is 0 Å². The van der Waals surface area contributed by atoms with E-state index in [2.05, 4.69) is 11.1 Å². The third-order valence-electron chi connectivity index (χ3n) is 5.60. The van der Waals surface area contributed by atoms with E-state index in [9.17, 15) is 4.79 Å². The summed E-state index contributed by atoms with van der Waals surface area (Å²) in [6.07, 6.45) is 3.24. The average Bonchev–Trinajstić information content (AvgIpc) is 3.41. The van der Waals surface area contributed by atoms with Crippen molar-refractivity contribution in [2.75, 3.05) is 13.1 Å². The zero-order chi connectivity index (χ0) is 21.4. The van der Waals surface area contributed by atoms with Crippen molar-refractivity contribution >= 4 is 27.5 Å². The molecule has 2 aromatic heterocycles. The molecular weight excluding hydrogens is 406 g/mol. The van der Waals surface area contributed by atoms with Crippen molar-refractivity contribution in [3.8, 4) is 23.0 Å². The third-order valence-corrected chi connectivity index (χ3v) is 6.56. The Kier molecular flexibility index (Phi) is 5.00. The van der Waals surface area contributed by atoms with Crippen molar-refractivity contribution in [3.63, 3.8) is 0 Å². The molecule has 154 valence electrons. The van der Waals surface area contributed by atoms with Gasteiger partial charge in [0.2, 0.25) is 0 Å².